The zero-order valence-electron chi connectivity index (χ0n) is 26.6. The van der Waals surface area contributed by atoms with E-state index in [4.69, 9.17) is 9.47 Å². The highest BCUT2D eigenvalue weighted by atomic mass is 16.6. The summed E-state index contributed by atoms with van der Waals surface area (Å²) in [7, 11) is 0. The molecule has 0 aliphatic carbocycles. The Hall–Kier alpha value is -4.53. The predicted molar refractivity (Wildman–Crippen MR) is 170 cm³/mol. The second-order valence-electron chi connectivity index (χ2n) is 12.6. The molecule has 0 saturated heterocycles. The number of ketones is 1. The van der Waals surface area contributed by atoms with Gasteiger partial charge in [-0.05, 0) is 48.6 Å². The monoisotopic (exact) mass is 617 g/mol. The minimum absolute atomic E-state index is 0.00553. The second-order valence-corrected chi connectivity index (χ2v) is 12.6. The van der Waals surface area contributed by atoms with E-state index >= 15 is 0 Å². The molecule has 0 spiro atoms. The Balaban J connectivity index is 1.88. The van der Waals surface area contributed by atoms with Crippen LogP contribution in [-0.4, -0.2) is 46.3 Å². The predicted octanol–water partition coefficient (Wildman–Crippen LogP) is 5.66. The lowest BCUT2D eigenvalue weighted by molar-refractivity contribution is -0.158. The first-order valence-corrected chi connectivity index (χ1v) is 15.2. The summed E-state index contributed by atoms with van der Waals surface area (Å²) in [6.45, 7) is 8.53. The molecule has 240 valence electrons. The molecule has 3 aromatic carbocycles. The molecular weight excluding hydrogens is 574 g/mol. The van der Waals surface area contributed by atoms with Crippen LogP contribution in [0.2, 0.25) is 0 Å². The lowest BCUT2D eigenvalue weighted by Crippen LogP contribution is -2.47. The molecule has 0 aliphatic rings. The van der Waals surface area contributed by atoms with E-state index in [-0.39, 0.29) is 25.4 Å². The van der Waals surface area contributed by atoms with Gasteiger partial charge in [-0.15, -0.1) is 0 Å². The zero-order valence-corrected chi connectivity index (χ0v) is 26.6. The highest BCUT2D eigenvalue weighted by molar-refractivity contribution is 5.95. The number of carboxylic acid groups (broad SMARTS) is 1. The lowest BCUT2D eigenvalue weighted by Gasteiger charge is -2.25. The summed E-state index contributed by atoms with van der Waals surface area (Å²) in [5.41, 5.74) is 0.730. The smallest absolute Gasteiger partial charge is 0.307 e. The van der Waals surface area contributed by atoms with Gasteiger partial charge in [-0.3, -0.25) is 24.0 Å². The van der Waals surface area contributed by atoms with Crippen LogP contribution in [0.4, 0.5) is 0 Å². The van der Waals surface area contributed by atoms with Crippen molar-refractivity contribution in [2.75, 3.05) is 0 Å². The number of carboxylic acids is 1. The van der Waals surface area contributed by atoms with Crippen molar-refractivity contribution in [3.05, 3.63) is 83.9 Å². The van der Waals surface area contributed by atoms with Gasteiger partial charge in [0.25, 0.3) is 0 Å². The molecule has 0 heterocycles. The van der Waals surface area contributed by atoms with Gasteiger partial charge in [0.2, 0.25) is 5.91 Å². The number of carbonyl (C=O) groups is 5. The Labute approximate surface area is 264 Å². The van der Waals surface area contributed by atoms with E-state index < -0.39 is 65.9 Å². The molecule has 0 unspecified atom stereocenters. The Bertz CT molecular complexity index is 1490. The van der Waals surface area contributed by atoms with Crippen LogP contribution in [0.15, 0.2) is 72.8 Å². The number of carbonyl (C=O) groups excluding carboxylic acids is 4. The van der Waals surface area contributed by atoms with Crippen LogP contribution in [-0.2, 0) is 46.5 Å². The third-order valence-electron chi connectivity index (χ3n) is 7.41. The number of fused-ring (bicyclic) bond motifs is 1. The van der Waals surface area contributed by atoms with E-state index in [0.717, 1.165) is 21.9 Å². The van der Waals surface area contributed by atoms with E-state index in [2.05, 4.69) is 5.32 Å². The summed E-state index contributed by atoms with van der Waals surface area (Å²) in [5.74, 6) is -6.09. The first-order valence-electron chi connectivity index (χ1n) is 15.2. The largest absolute Gasteiger partial charge is 0.481 e. The van der Waals surface area contributed by atoms with Gasteiger partial charge in [-0.25, -0.2) is 0 Å². The van der Waals surface area contributed by atoms with Gasteiger partial charge >= 0.3 is 17.9 Å². The molecule has 1 amide bonds. The highest BCUT2D eigenvalue weighted by Gasteiger charge is 2.34. The molecule has 0 aromatic heterocycles. The minimum Gasteiger partial charge on any atom is -0.481 e. The molecule has 3 aromatic rings. The Morgan fingerprint density at radius 2 is 1.42 bits per heavy atom. The van der Waals surface area contributed by atoms with E-state index in [0.29, 0.717) is 0 Å². The standard InChI is InChI=1S/C36H43NO8/c1-23(2)29(35(42)43)21-31(38)30(18-26-16-11-15-25-14-9-10-17-28(25)26)37-34(41)27(20-33(40)45-36(3,4)5)19-32(39)44-22-24-12-7-6-8-13-24/h6-17,23,27,29-30H,18-22H2,1-5H3,(H,37,41)(H,42,43)/t27-,29-,30-/m0/s1. The SMILES string of the molecule is CC(C)[C@H](CC(=O)[C@H](Cc1cccc2ccccc12)NC(=O)[C@@H](CC(=O)OCc1ccccc1)CC(=O)OC(C)(C)C)C(=O)O. The molecule has 0 radical (unpaired) electrons. The number of ether oxygens (including phenoxy) is 2. The zero-order chi connectivity index (χ0) is 33.1. The molecule has 3 atom stereocenters. The number of hydrogen-bond donors (Lipinski definition) is 2. The molecule has 0 fully saturated rings. The van der Waals surface area contributed by atoms with Crippen molar-refractivity contribution in [3.8, 4) is 0 Å². The first kappa shape index (κ1) is 35.0. The van der Waals surface area contributed by atoms with Crippen molar-refractivity contribution in [3.63, 3.8) is 0 Å². The maximum absolute atomic E-state index is 13.8. The van der Waals surface area contributed by atoms with Gasteiger partial charge in [0.05, 0.1) is 30.7 Å². The number of hydrogen-bond acceptors (Lipinski definition) is 7. The summed E-state index contributed by atoms with van der Waals surface area (Å²) in [5, 5.41) is 14.4. The van der Waals surface area contributed by atoms with Gasteiger partial charge in [0, 0.05) is 12.8 Å². The third-order valence-corrected chi connectivity index (χ3v) is 7.41. The fourth-order valence-corrected chi connectivity index (χ4v) is 5.03. The fraction of sp³-hybridized carbons (Fsp3) is 0.417. The van der Waals surface area contributed by atoms with E-state index in [1.807, 2.05) is 60.7 Å². The maximum Gasteiger partial charge on any atom is 0.307 e. The summed E-state index contributed by atoms with van der Waals surface area (Å²) < 4.78 is 10.8. The summed E-state index contributed by atoms with van der Waals surface area (Å²) in [4.78, 5) is 65.1. The number of Topliss-reactive ketones (excluding diaryl/α,β-unsaturated/α-hetero) is 1. The number of aliphatic carboxylic acids is 1. The van der Waals surface area contributed by atoms with Crippen molar-refractivity contribution in [2.24, 2.45) is 17.8 Å². The summed E-state index contributed by atoms with van der Waals surface area (Å²) in [6.07, 6.45) is -1.04. The Morgan fingerprint density at radius 3 is 2.07 bits per heavy atom. The number of nitrogens with one attached hydrogen (secondary N) is 1. The Kier molecular flexibility index (Phi) is 12.4. The minimum atomic E-state index is -1.19. The molecule has 0 saturated carbocycles. The van der Waals surface area contributed by atoms with Crippen LogP contribution in [0.3, 0.4) is 0 Å². The third kappa shape index (κ3) is 11.2. The lowest BCUT2D eigenvalue weighted by atomic mass is 9.87. The molecule has 0 aliphatic heterocycles. The summed E-state index contributed by atoms with van der Waals surface area (Å²) >= 11 is 0. The van der Waals surface area contributed by atoms with Crippen LogP contribution in [0.25, 0.3) is 10.8 Å². The van der Waals surface area contributed by atoms with E-state index in [1.54, 1.807) is 46.8 Å². The fourth-order valence-electron chi connectivity index (χ4n) is 5.03. The summed E-state index contributed by atoms with van der Waals surface area (Å²) in [6, 6.07) is 21.2. The van der Waals surface area contributed by atoms with Crippen molar-refractivity contribution in [2.45, 2.75) is 78.6 Å². The van der Waals surface area contributed by atoms with Crippen molar-refractivity contribution < 1.29 is 38.6 Å². The van der Waals surface area contributed by atoms with Crippen LogP contribution in [0.1, 0.15) is 65.0 Å². The number of benzene rings is 3. The maximum atomic E-state index is 13.8. The van der Waals surface area contributed by atoms with E-state index in [9.17, 15) is 29.1 Å². The van der Waals surface area contributed by atoms with E-state index in [1.165, 1.54) is 0 Å². The van der Waals surface area contributed by atoms with Gasteiger partial charge in [0.1, 0.15) is 12.2 Å². The van der Waals surface area contributed by atoms with Crippen molar-refractivity contribution in [1.82, 2.24) is 5.32 Å². The molecule has 9 heteroatoms. The number of amides is 1. The van der Waals surface area contributed by atoms with Gasteiger partial charge < -0.3 is 19.9 Å². The molecular formula is C36H43NO8. The van der Waals surface area contributed by atoms with Gasteiger partial charge in [0.15, 0.2) is 5.78 Å². The molecule has 3 rings (SSSR count). The highest BCUT2D eigenvalue weighted by Crippen LogP contribution is 2.23. The van der Waals surface area contributed by atoms with Crippen LogP contribution >= 0.6 is 0 Å². The average molecular weight is 618 g/mol. The second kappa shape index (κ2) is 16.0. The molecule has 45 heavy (non-hydrogen) atoms. The Morgan fingerprint density at radius 1 is 0.800 bits per heavy atom. The number of esters is 2. The van der Waals surface area contributed by atoms with Gasteiger partial charge in [-0.1, -0.05) is 86.6 Å². The van der Waals surface area contributed by atoms with Crippen molar-refractivity contribution in [1.29, 1.82) is 0 Å². The van der Waals surface area contributed by atoms with Gasteiger partial charge in [-0.2, -0.15) is 0 Å². The van der Waals surface area contributed by atoms with Crippen LogP contribution in [0, 0.1) is 17.8 Å². The normalized spacial score (nSPS) is 13.5. The molecule has 2 N–H and O–H groups in total. The number of rotatable bonds is 15. The van der Waals surface area contributed by atoms with Crippen LogP contribution in [0.5, 0.6) is 0 Å². The molecule has 9 nitrogen and oxygen atoms in total. The molecule has 0 bridgehead atoms. The van der Waals surface area contributed by atoms with Crippen LogP contribution < -0.4 is 5.32 Å². The average Bonchev–Trinajstić information content (AvgIpc) is 2.97. The first-order chi connectivity index (χ1) is 21.2. The van der Waals surface area contributed by atoms with Crippen molar-refractivity contribution >= 4 is 40.4 Å². The topological polar surface area (TPSA) is 136 Å². The quantitative estimate of drug-likeness (QED) is 0.209.